The van der Waals surface area contributed by atoms with E-state index in [4.69, 9.17) is 11.6 Å². The lowest BCUT2D eigenvalue weighted by molar-refractivity contribution is -0.138. The van der Waals surface area contributed by atoms with E-state index in [2.05, 4.69) is 27.1 Å². The van der Waals surface area contributed by atoms with Gasteiger partial charge in [0, 0.05) is 59.3 Å². The quantitative estimate of drug-likeness (QED) is 0.284. The third-order valence-corrected chi connectivity index (χ3v) is 7.13. The van der Waals surface area contributed by atoms with Gasteiger partial charge in [-0.15, -0.1) is 0 Å². The SMILES string of the molecule is CC(=O)c1cn(CC(=O)N2CCC[C@H]2C(=O)NCc2cccc(Cl)c2F)c2ccc(C#Cc3cncnc3)cc12. The number of likely N-dealkylation sites (tertiary alicyclic amines) is 1. The highest BCUT2D eigenvalue weighted by Crippen LogP contribution is 2.25. The highest BCUT2D eigenvalue weighted by molar-refractivity contribution is 6.30. The molecule has 40 heavy (non-hydrogen) atoms. The molecular weight excluding hydrogens is 533 g/mol. The smallest absolute Gasteiger partial charge is 0.243 e. The van der Waals surface area contributed by atoms with E-state index in [-0.39, 0.29) is 41.3 Å². The van der Waals surface area contributed by atoms with Gasteiger partial charge in [0.1, 0.15) is 24.7 Å². The zero-order chi connectivity index (χ0) is 28.2. The van der Waals surface area contributed by atoms with Gasteiger partial charge < -0.3 is 14.8 Å². The third kappa shape index (κ3) is 5.72. The van der Waals surface area contributed by atoms with Gasteiger partial charge in [0.25, 0.3) is 0 Å². The van der Waals surface area contributed by atoms with Crippen LogP contribution in [0.5, 0.6) is 0 Å². The maximum atomic E-state index is 14.2. The van der Waals surface area contributed by atoms with Gasteiger partial charge in [-0.3, -0.25) is 14.4 Å². The lowest BCUT2D eigenvalue weighted by Crippen LogP contribution is -2.46. The molecule has 0 aliphatic carbocycles. The molecule has 1 atom stereocenters. The first-order valence-electron chi connectivity index (χ1n) is 12.7. The van der Waals surface area contributed by atoms with Gasteiger partial charge >= 0.3 is 0 Å². The van der Waals surface area contributed by atoms with Crippen LogP contribution in [0.2, 0.25) is 5.02 Å². The predicted octanol–water partition coefficient (Wildman–Crippen LogP) is 4.13. The van der Waals surface area contributed by atoms with Gasteiger partial charge in [0.05, 0.1) is 10.6 Å². The predicted molar refractivity (Wildman–Crippen MR) is 148 cm³/mol. The highest BCUT2D eigenvalue weighted by atomic mass is 35.5. The van der Waals surface area contributed by atoms with Crippen molar-refractivity contribution in [2.45, 2.75) is 38.9 Å². The highest BCUT2D eigenvalue weighted by Gasteiger charge is 2.34. The van der Waals surface area contributed by atoms with Crippen molar-refractivity contribution in [3.63, 3.8) is 0 Å². The van der Waals surface area contributed by atoms with Crippen LogP contribution >= 0.6 is 11.6 Å². The number of fused-ring (bicyclic) bond motifs is 1. The molecule has 1 saturated heterocycles. The number of nitrogens with zero attached hydrogens (tertiary/aromatic N) is 4. The summed E-state index contributed by atoms with van der Waals surface area (Å²) in [5, 5.41) is 3.41. The first kappa shape index (κ1) is 27.0. The Labute approximate surface area is 235 Å². The normalized spacial score (nSPS) is 14.6. The number of hydrogen-bond donors (Lipinski definition) is 1. The number of rotatable bonds is 6. The molecule has 0 unspecified atom stereocenters. The Morgan fingerprint density at radius 3 is 2.67 bits per heavy atom. The van der Waals surface area contributed by atoms with Crippen molar-refractivity contribution < 1.29 is 18.8 Å². The Hall–Kier alpha value is -4.55. The fraction of sp³-hybridized carbons (Fsp3) is 0.233. The largest absolute Gasteiger partial charge is 0.350 e. The summed E-state index contributed by atoms with van der Waals surface area (Å²) in [4.78, 5) is 48.2. The molecule has 1 aliphatic rings. The summed E-state index contributed by atoms with van der Waals surface area (Å²) in [6.07, 6.45) is 7.51. The van der Waals surface area contributed by atoms with Crippen molar-refractivity contribution in [1.29, 1.82) is 0 Å². The molecule has 2 amide bonds. The third-order valence-electron chi connectivity index (χ3n) is 6.84. The molecule has 0 bridgehead atoms. The van der Waals surface area contributed by atoms with Crippen molar-refractivity contribution in [3.05, 3.63) is 94.4 Å². The molecule has 5 rings (SSSR count). The van der Waals surface area contributed by atoms with E-state index in [1.165, 1.54) is 19.3 Å². The number of carbonyl (C=O) groups excluding carboxylic acids is 3. The van der Waals surface area contributed by atoms with E-state index in [1.54, 1.807) is 40.2 Å². The second-order valence-electron chi connectivity index (χ2n) is 9.51. The molecule has 0 radical (unpaired) electrons. The fourth-order valence-corrected chi connectivity index (χ4v) is 5.05. The fourth-order valence-electron chi connectivity index (χ4n) is 4.85. The standard InChI is InChI=1S/C30H25ClFN5O3/c1-19(38)24-16-36(26-10-9-20(12-23(24)26)7-8-21-13-33-18-34-14-21)17-28(39)37-11-3-6-27(37)30(40)35-15-22-4-2-5-25(31)29(22)32/h2,4-5,9-10,12-14,16,18,27H,3,6,11,15,17H2,1H3,(H,35,40)/t27-/m0/s1. The minimum atomic E-state index is -0.660. The monoisotopic (exact) mass is 557 g/mol. The molecule has 4 aromatic rings. The molecule has 2 aromatic heterocycles. The number of nitrogens with one attached hydrogen (secondary N) is 1. The topological polar surface area (TPSA) is 97.2 Å². The number of amides is 2. The van der Waals surface area contributed by atoms with Crippen LogP contribution in [0, 0.1) is 17.7 Å². The lowest BCUT2D eigenvalue weighted by Gasteiger charge is -2.24. The van der Waals surface area contributed by atoms with E-state index in [0.29, 0.717) is 47.0 Å². The van der Waals surface area contributed by atoms with Crippen LogP contribution < -0.4 is 5.32 Å². The molecule has 1 aliphatic heterocycles. The average Bonchev–Trinajstić information content (AvgIpc) is 3.59. The van der Waals surface area contributed by atoms with Crippen LogP contribution in [0.15, 0.2) is 61.3 Å². The Bertz CT molecular complexity index is 1680. The first-order valence-corrected chi connectivity index (χ1v) is 13.1. The number of halogens is 2. The number of carbonyl (C=O) groups is 3. The summed E-state index contributed by atoms with van der Waals surface area (Å²) >= 11 is 5.84. The average molecular weight is 558 g/mol. The summed E-state index contributed by atoms with van der Waals surface area (Å²) in [5.74, 6) is 4.76. The Kier molecular flexibility index (Phi) is 7.89. The van der Waals surface area contributed by atoms with Crippen LogP contribution in [0.25, 0.3) is 10.9 Å². The number of benzene rings is 2. The first-order chi connectivity index (χ1) is 19.3. The number of ketones is 1. The molecule has 10 heteroatoms. The molecule has 1 N–H and O–H groups in total. The number of Topliss-reactive ketones (excluding diaryl/α,β-unsaturated/α-hetero) is 1. The maximum Gasteiger partial charge on any atom is 0.243 e. The van der Waals surface area contributed by atoms with Gasteiger partial charge in [-0.05, 0) is 44.0 Å². The van der Waals surface area contributed by atoms with Crippen LogP contribution in [0.1, 0.15) is 46.8 Å². The lowest BCUT2D eigenvalue weighted by atomic mass is 10.1. The van der Waals surface area contributed by atoms with Crippen molar-refractivity contribution >= 4 is 40.1 Å². The molecule has 0 saturated carbocycles. The van der Waals surface area contributed by atoms with Gasteiger partial charge in [-0.25, -0.2) is 14.4 Å². The zero-order valence-electron chi connectivity index (χ0n) is 21.7. The van der Waals surface area contributed by atoms with Crippen LogP contribution in [-0.2, 0) is 22.7 Å². The van der Waals surface area contributed by atoms with E-state index in [1.807, 2.05) is 18.2 Å². The van der Waals surface area contributed by atoms with Crippen LogP contribution in [-0.4, -0.2) is 49.6 Å². The maximum absolute atomic E-state index is 14.2. The second-order valence-corrected chi connectivity index (χ2v) is 9.92. The molecule has 8 nitrogen and oxygen atoms in total. The van der Waals surface area contributed by atoms with Gasteiger partial charge in [0.2, 0.25) is 11.8 Å². The summed E-state index contributed by atoms with van der Waals surface area (Å²) < 4.78 is 15.9. The van der Waals surface area contributed by atoms with E-state index >= 15 is 0 Å². The zero-order valence-corrected chi connectivity index (χ0v) is 22.4. The van der Waals surface area contributed by atoms with Gasteiger partial charge in [-0.1, -0.05) is 35.6 Å². The Morgan fingerprint density at radius 2 is 1.90 bits per heavy atom. The Morgan fingerprint density at radius 1 is 1.12 bits per heavy atom. The van der Waals surface area contributed by atoms with Gasteiger partial charge in [0.15, 0.2) is 5.78 Å². The van der Waals surface area contributed by atoms with Crippen molar-refractivity contribution in [2.24, 2.45) is 0 Å². The number of hydrogen-bond acceptors (Lipinski definition) is 5. The van der Waals surface area contributed by atoms with Crippen molar-refractivity contribution in [2.75, 3.05) is 6.54 Å². The molecule has 2 aromatic carbocycles. The van der Waals surface area contributed by atoms with Gasteiger partial charge in [-0.2, -0.15) is 0 Å². The Balaban J connectivity index is 1.33. The van der Waals surface area contributed by atoms with Crippen LogP contribution in [0.3, 0.4) is 0 Å². The van der Waals surface area contributed by atoms with Crippen LogP contribution in [0.4, 0.5) is 4.39 Å². The minimum Gasteiger partial charge on any atom is -0.350 e. The molecular formula is C30H25ClFN5O3. The number of aromatic nitrogens is 3. The summed E-state index contributed by atoms with van der Waals surface area (Å²) in [6, 6.07) is 9.42. The van der Waals surface area contributed by atoms with E-state index in [0.717, 1.165) is 0 Å². The molecule has 0 spiro atoms. The second kappa shape index (κ2) is 11.7. The molecule has 3 heterocycles. The van der Waals surface area contributed by atoms with E-state index < -0.39 is 11.9 Å². The van der Waals surface area contributed by atoms with Crippen molar-refractivity contribution in [1.82, 2.24) is 24.8 Å². The van der Waals surface area contributed by atoms with E-state index in [9.17, 15) is 18.8 Å². The molecule has 1 fully saturated rings. The van der Waals surface area contributed by atoms with Crippen molar-refractivity contribution in [3.8, 4) is 11.8 Å². The minimum absolute atomic E-state index is 0.0155. The molecule has 202 valence electrons. The summed E-state index contributed by atoms with van der Waals surface area (Å²) in [5.41, 5.74) is 2.83. The summed E-state index contributed by atoms with van der Waals surface area (Å²) in [6.45, 7) is 1.84. The summed E-state index contributed by atoms with van der Waals surface area (Å²) in [7, 11) is 0.